The fourth-order valence-electron chi connectivity index (χ4n) is 2.60. The summed E-state index contributed by atoms with van der Waals surface area (Å²) >= 11 is 1.65. The fraction of sp³-hybridized carbons (Fsp3) is 0.333. The van der Waals surface area contributed by atoms with Gasteiger partial charge in [-0.05, 0) is 36.1 Å². The molecule has 0 fully saturated rings. The molecule has 27 heavy (non-hydrogen) atoms. The average Bonchev–Trinajstić information content (AvgIpc) is 2.70. The average molecular weight is 387 g/mol. The number of nitrogens with one attached hydrogen (secondary N) is 1. The van der Waals surface area contributed by atoms with Crippen LogP contribution in [0.2, 0.25) is 0 Å². The van der Waals surface area contributed by atoms with E-state index in [9.17, 15) is 9.59 Å². The summed E-state index contributed by atoms with van der Waals surface area (Å²) in [7, 11) is 1.76. The van der Waals surface area contributed by atoms with E-state index < -0.39 is 6.04 Å². The topological polar surface area (TPSA) is 58.6 Å². The molecule has 144 valence electrons. The predicted octanol–water partition coefficient (Wildman–Crippen LogP) is 2.96. The number of carbonyl (C=O) groups excluding carboxylic acids is 2. The van der Waals surface area contributed by atoms with E-state index in [-0.39, 0.29) is 18.4 Å². The maximum absolute atomic E-state index is 12.8. The molecule has 0 aliphatic heterocycles. The number of hydrogen-bond acceptors (Lipinski definition) is 4. The molecule has 0 heterocycles. The van der Waals surface area contributed by atoms with Crippen molar-refractivity contribution in [1.29, 1.82) is 0 Å². The van der Waals surface area contributed by atoms with Gasteiger partial charge in [-0.15, -0.1) is 0 Å². The first-order valence-electron chi connectivity index (χ1n) is 8.85. The highest BCUT2D eigenvalue weighted by atomic mass is 32.2. The van der Waals surface area contributed by atoms with Gasteiger partial charge in [0.1, 0.15) is 11.8 Å². The number of para-hydroxylation sites is 1. The Balaban J connectivity index is 1.91. The highest BCUT2D eigenvalue weighted by Crippen LogP contribution is 2.10. The molecule has 1 N–H and O–H groups in total. The fourth-order valence-corrected chi connectivity index (χ4v) is 3.07. The minimum absolute atomic E-state index is 0.0963. The van der Waals surface area contributed by atoms with Crippen molar-refractivity contribution >= 4 is 23.6 Å². The van der Waals surface area contributed by atoms with Crippen LogP contribution in [-0.4, -0.2) is 48.4 Å². The molecular weight excluding hydrogens is 360 g/mol. The summed E-state index contributed by atoms with van der Waals surface area (Å²) in [4.78, 5) is 26.7. The van der Waals surface area contributed by atoms with Gasteiger partial charge in [0, 0.05) is 13.6 Å². The zero-order chi connectivity index (χ0) is 19.5. The van der Waals surface area contributed by atoms with Crippen LogP contribution < -0.4 is 10.1 Å². The van der Waals surface area contributed by atoms with Crippen LogP contribution in [0.15, 0.2) is 60.7 Å². The number of amides is 2. The maximum atomic E-state index is 12.8. The Morgan fingerprint density at radius 3 is 2.33 bits per heavy atom. The Morgan fingerprint density at radius 2 is 1.70 bits per heavy atom. The molecule has 5 nitrogen and oxygen atoms in total. The first kappa shape index (κ1) is 20.8. The van der Waals surface area contributed by atoms with Gasteiger partial charge in [0.15, 0.2) is 6.61 Å². The SMILES string of the molecule is CSCCC(NC(=O)COc1ccccc1)C(=O)N(C)Cc1ccccc1. The summed E-state index contributed by atoms with van der Waals surface area (Å²) in [6, 6.07) is 18.4. The molecule has 0 radical (unpaired) electrons. The van der Waals surface area contributed by atoms with Gasteiger partial charge in [0.2, 0.25) is 5.91 Å². The lowest BCUT2D eigenvalue weighted by atomic mass is 10.1. The highest BCUT2D eigenvalue weighted by molar-refractivity contribution is 7.98. The minimum Gasteiger partial charge on any atom is -0.484 e. The van der Waals surface area contributed by atoms with Gasteiger partial charge in [-0.1, -0.05) is 48.5 Å². The zero-order valence-electron chi connectivity index (χ0n) is 15.8. The van der Waals surface area contributed by atoms with E-state index in [1.54, 1.807) is 35.8 Å². The Hall–Kier alpha value is -2.47. The molecule has 0 saturated heterocycles. The molecule has 2 rings (SSSR count). The Morgan fingerprint density at radius 1 is 1.07 bits per heavy atom. The second kappa shape index (κ2) is 11.3. The van der Waals surface area contributed by atoms with Gasteiger partial charge < -0.3 is 15.0 Å². The van der Waals surface area contributed by atoms with Gasteiger partial charge in [0.25, 0.3) is 5.91 Å². The monoisotopic (exact) mass is 386 g/mol. The number of rotatable bonds is 10. The minimum atomic E-state index is -0.557. The number of nitrogens with zero attached hydrogens (tertiary/aromatic N) is 1. The van der Waals surface area contributed by atoms with E-state index in [0.717, 1.165) is 11.3 Å². The first-order valence-corrected chi connectivity index (χ1v) is 10.2. The molecule has 0 aliphatic carbocycles. The molecule has 0 aromatic heterocycles. The van der Waals surface area contributed by atoms with Crippen molar-refractivity contribution in [2.24, 2.45) is 0 Å². The van der Waals surface area contributed by atoms with E-state index in [1.165, 1.54) is 0 Å². The number of carbonyl (C=O) groups is 2. The molecule has 1 atom stereocenters. The molecule has 2 aromatic carbocycles. The third-order valence-electron chi connectivity index (χ3n) is 4.00. The van der Waals surface area contributed by atoms with Crippen molar-refractivity contribution in [3.8, 4) is 5.75 Å². The molecule has 0 bridgehead atoms. The second-order valence-corrected chi connectivity index (χ2v) is 7.17. The van der Waals surface area contributed by atoms with Gasteiger partial charge in [-0.3, -0.25) is 9.59 Å². The van der Waals surface area contributed by atoms with E-state index in [4.69, 9.17) is 4.74 Å². The van der Waals surface area contributed by atoms with Crippen LogP contribution in [0, 0.1) is 0 Å². The van der Waals surface area contributed by atoms with E-state index in [2.05, 4.69) is 5.32 Å². The molecule has 2 aromatic rings. The maximum Gasteiger partial charge on any atom is 0.258 e. The lowest BCUT2D eigenvalue weighted by Crippen LogP contribution is -2.48. The smallest absolute Gasteiger partial charge is 0.258 e. The Kier molecular flexibility index (Phi) is 8.71. The van der Waals surface area contributed by atoms with Crippen molar-refractivity contribution in [3.63, 3.8) is 0 Å². The second-order valence-electron chi connectivity index (χ2n) is 6.18. The Labute approximate surface area is 165 Å². The number of ether oxygens (including phenoxy) is 1. The molecule has 0 saturated carbocycles. The lowest BCUT2D eigenvalue weighted by Gasteiger charge is -2.24. The van der Waals surface area contributed by atoms with E-state index >= 15 is 0 Å². The van der Waals surface area contributed by atoms with E-state index in [0.29, 0.717) is 18.7 Å². The lowest BCUT2D eigenvalue weighted by molar-refractivity contribution is -0.136. The summed E-state index contributed by atoms with van der Waals surface area (Å²) in [6.45, 7) is 0.390. The van der Waals surface area contributed by atoms with Crippen LogP contribution in [0.4, 0.5) is 0 Å². The molecule has 0 spiro atoms. The molecule has 6 heteroatoms. The summed E-state index contributed by atoms with van der Waals surface area (Å²) < 4.78 is 5.47. The summed E-state index contributed by atoms with van der Waals surface area (Å²) in [6.07, 6.45) is 2.56. The van der Waals surface area contributed by atoms with Crippen LogP contribution in [0.3, 0.4) is 0 Å². The largest absolute Gasteiger partial charge is 0.484 e. The molecular formula is C21H26N2O3S. The Bertz CT molecular complexity index is 710. The normalized spacial score (nSPS) is 11.5. The number of benzene rings is 2. The van der Waals surface area contributed by atoms with Crippen molar-refractivity contribution < 1.29 is 14.3 Å². The standard InChI is InChI=1S/C21H26N2O3S/c1-23(15-17-9-5-3-6-10-17)21(25)19(13-14-27-2)22-20(24)16-26-18-11-7-4-8-12-18/h3-12,19H,13-16H2,1-2H3,(H,22,24). The first-order chi connectivity index (χ1) is 13.1. The number of thioether (sulfide) groups is 1. The quantitative estimate of drug-likeness (QED) is 0.682. The van der Waals surface area contributed by atoms with Gasteiger partial charge in [-0.2, -0.15) is 11.8 Å². The van der Waals surface area contributed by atoms with Crippen LogP contribution in [0.1, 0.15) is 12.0 Å². The summed E-state index contributed by atoms with van der Waals surface area (Å²) in [5.41, 5.74) is 1.05. The predicted molar refractivity (Wildman–Crippen MR) is 110 cm³/mol. The van der Waals surface area contributed by atoms with Crippen molar-refractivity contribution in [2.75, 3.05) is 25.7 Å². The van der Waals surface area contributed by atoms with Gasteiger partial charge in [0.05, 0.1) is 0 Å². The van der Waals surface area contributed by atoms with Crippen LogP contribution >= 0.6 is 11.8 Å². The highest BCUT2D eigenvalue weighted by Gasteiger charge is 2.24. The zero-order valence-corrected chi connectivity index (χ0v) is 16.6. The molecule has 0 aliphatic rings. The number of hydrogen-bond donors (Lipinski definition) is 1. The van der Waals surface area contributed by atoms with Gasteiger partial charge in [-0.25, -0.2) is 0 Å². The van der Waals surface area contributed by atoms with Crippen LogP contribution in [0.5, 0.6) is 5.75 Å². The number of likely N-dealkylation sites (N-methyl/N-ethyl adjacent to an activating group) is 1. The third-order valence-corrected chi connectivity index (χ3v) is 4.64. The van der Waals surface area contributed by atoms with E-state index in [1.807, 2.05) is 54.8 Å². The van der Waals surface area contributed by atoms with Gasteiger partial charge >= 0.3 is 0 Å². The van der Waals surface area contributed by atoms with Crippen LogP contribution in [0.25, 0.3) is 0 Å². The third kappa shape index (κ3) is 7.35. The summed E-state index contributed by atoms with van der Waals surface area (Å²) in [5, 5.41) is 2.82. The van der Waals surface area contributed by atoms with Crippen molar-refractivity contribution in [1.82, 2.24) is 10.2 Å². The summed E-state index contributed by atoms with van der Waals surface area (Å²) in [5.74, 6) is 1.02. The molecule has 1 unspecified atom stereocenters. The van der Waals surface area contributed by atoms with Crippen LogP contribution in [-0.2, 0) is 16.1 Å². The van der Waals surface area contributed by atoms with Crippen molar-refractivity contribution in [2.45, 2.75) is 19.0 Å². The van der Waals surface area contributed by atoms with Crippen molar-refractivity contribution in [3.05, 3.63) is 66.2 Å². The molecule has 2 amide bonds.